The van der Waals surface area contributed by atoms with Gasteiger partial charge in [0.25, 0.3) is 0 Å². The summed E-state index contributed by atoms with van der Waals surface area (Å²) >= 11 is 0. The Morgan fingerprint density at radius 1 is 1.18 bits per heavy atom. The molecule has 0 aromatic carbocycles. The standard InChI is InChI=1S/C14H26N2O/c1-14(2,3)11-5-4-6-12-13(17)15-8-10-16(12)9-7-11/h11-12H,4-10H2,1-3H3,(H,15,17). The molecule has 3 nitrogen and oxygen atoms in total. The Labute approximate surface area is 105 Å². The van der Waals surface area contributed by atoms with Crippen LogP contribution in [-0.4, -0.2) is 36.5 Å². The molecule has 0 aliphatic carbocycles. The molecular weight excluding hydrogens is 212 g/mol. The van der Waals surface area contributed by atoms with E-state index in [-0.39, 0.29) is 11.9 Å². The Kier molecular flexibility index (Phi) is 3.76. The molecule has 0 bridgehead atoms. The molecule has 2 unspecified atom stereocenters. The number of amides is 1. The number of hydrogen-bond acceptors (Lipinski definition) is 2. The molecule has 98 valence electrons. The van der Waals surface area contributed by atoms with Crippen molar-refractivity contribution >= 4 is 5.91 Å². The molecule has 2 saturated heterocycles. The van der Waals surface area contributed by atoms with Crippen LogP contribution >= 0.6 is 0 Å². The molecule has 0 radical (unpaired) electrons. The zero-order valence-corrected chi connectivity index (χ0v) is 11.5. The fourth-order valence-electron chi connectivity index (χ4n) is 3.23. The maximum atomic E-state index is 11.8. The second-order valence-corrected chi connectivity index (χ2v) is 6.63. The highest BCUT2D eigenvalue weighted by Gasteiger charge is 2.33. The lowest BCUT2D eigenvalue weighted by atomic mass is 9.75. The minimum atomic E-state index is 0.157. The Bertz CT molecular complexity index is 282. The highest BCUT2D eigenvalue weighted by Crippen LogP contribution is 2.35. The van der Waals surface area contributed by atoms with E-state index in [1.54, 1.807) is 0 Å². The normalized spacial score (nSPS) is 32.3. The third-order valence-corrected chi connectivity index (χ3v) is 4.46. The van der Waals surface area contributed by atoms with Crippen LogP contribution in [0, 0.1) is 11.3 Å². The van der Waals surface area contributed by atoms with Gasteiger partial charge < -0.3 is 5.32 Å². The maximum absolute atomic E-state index is 11.8. The summed E-state index contributed by atoms with van der Waals surface area (Å²) in [4.78, 5) is 14.2. The Morgan fingerprint density at radius 3 is 2.65 bits per heavy atom. The molecule has 2 rings (SSSR count). The van der Waals surface area contributed by atoms with Gasteiger partial charge in [-0.2, -0.15) is 0 Å². The molecule has 3 heteroatoms. The number of fused-ring (bicyclic) bond motifs is 1. The lowest BCUT2D eigenvalue weighted by molar-refractivity contribution is -0.129. The summed E-state index contributed by atoms with van der Waals surface area (Å²) in [5.41, 5.74) is 0.408. The first kappa shape index (κ1) is 12.9. The fraction of sp³-hybridized carbons (Fsp3) is 0.929. The molecular formula is C14H26N2O. The average molecular weight is 238 g/mol. The number of piperazine rings is 1. The lowest BCUT2D eigenvalue weighted by Gasteiger charge is -2.40. The number of carbonyl (C=O) groups excluding carboxylic acids is 1. The van der Waals surface area contributed by atoms with Crippen LogP contribution in [0.3, 0.4) is 0 Å². The Balaban J connectivity index is 2.00. The van der Waals surface area contributed by atoms with Crippen LogP contribution in [0.15, 0.2) is 0 Å². The van der Waals surface area contributed by atoms with Gasteiger partial charge in [-0.3, -0.25) is 9.69 Å². The molecule has 1 amide bonds. The summed E-state index contributed by atoms with van der Waals surface area (Å²) < 4.78 is 0. The van der Waals surface area contributed by atoms with Crippen LogP contribution < -0.4 is 5.32 Å². The first-order chi connectivity index (χ1) is 7.98. The van der Waals surface area contributed by atoms with Crippen molar-refractivity contribution in [1.29, 1.82) is 0 Å². The van der Waals surface area contributed by atoms with Crippen molar-refractivity contribution in [2.45, 2.75) is 52.5 Å². The van der Waals surface area contributed by atoms with Crippen molar-refractivity contribution in [1.82, 2.24) is 10.2 Å². The van der Waals surface area contributed by atoms with Crippen molar-refractivity contribution in [2.75, 3.05) is 19.6 Å². The molecule has 2 aliphatic heterocycles. The largest absolute Gasteiger partial charge is 0.353 e. The smallest absolute Gasteiger partial charge is 0.237 e. The van der Waals surface area contributed by atoms with Crippen molar-refractivity contribution in [2.24, 2.45) is 11.3 Å². The predicted molar refractivity (Wildman–Crippen MR) is 69.8 cm³/mol. The molecule has 2 aliphatic rings. The van der Waals surface area contributed by atoms with Crippen molar-refractivity contribution in [3.63, 3.8) is 0 Å². The van der Waals surface area contributed by atoms with Gasteiger partial charge in [0, 0.05) is 13.1 Å². The third kappa shape index (κ3) is 3.01. The van der Waals surface area contributed by atoms with Crippen molar-refractivity contribution < 1.29 is 4.79 Å². The minimum Gasteiger partial charge on any atom is -0.353 e. The quantitative estimate of drug-likeness (QED) is 0.700. The molecule has 0 saturated carbocycles. The number of nitrogens with one attached hydrogen (secondary N) is 1. The van der Waals surface area contributed by atoms with E-state index in [2.05, 4.69) is 31.0 Å². The molecule has 0 aromatic rings. The van der Waals surface area contributed by atoms with Crippen molar-refractivity contribution in [3.05, 3.63) is 0 Å². The number of nitrogens with zero attached hydrogens (tertiary/aromatic N) is 1. The average Bonchev–Trinajstić information content (AvgIpc) is 2.18. The first-order valence-corrected chi connectivity index (χ1v) is 7.00. The Morgan fingerprint density at radius 2 is 1.94 bits per heavy atom. The van der Waals surface area contributed by atoms with E-state index in [1.807, 2.05) is 0 Å². The van der Waals surface area contributed by atoms with E-state index in [9.17, 15) is 4.79 Å². The first-order valence-electron chi connectivity index (χ1n) is 7.00. The molecule has 17 heavy (non-hydrogen) atoms. The molecule has 0 aromatic heterocycles. The van der Waals surface area contributed by atoms with Crippen LogP contribution in [0.4, 0.5) is 0 Å². The van der Waals surface area contributed by atoms with Crippen LogP contribution in [0.1, 0.15) is 46.5 Å². The molecule has 2 heterocycles. The number of hydrogen-bond donors (Lipinski definition) is 1. The zero-order valence-electron chi connectivity index (χ0n) is 11.5. The van der Waals surface area contributed by atoms with Gasteiger partial charge in [0.1, 0.15) is 0 Å². The third-order valence-electron chi connectivity index (χ3n) is 4.46. The van der Waals surface area contributed by atoms with Crippen molar-refractivity contribution in [3.8, 4) is 0 Å². The van der Waals surface area contributed by atoms with Gasteiger partial charge in [-0.25, -0.2) is 0 Å². The van der Waals surface area contributed by atoms with E-state index in [0.717, 1.165) is 32.0 Å². The highest BCUT2D eigenvalue weighted by molar-refractivity contribution is 5.82. The summed E-state index contributed by atoms with van der Waals surface area (Å²) in [7, 11) is 0. The highest BCUT2D eigenvalue weighted by atomic mass is 16.2. The van der Waals surface area contributed by atoms with Gasteiger partial charge in [0.15, 0.2) is 0 Å². The number of carbonyl (C=O) groups is 1. The molecule has 1 N–H and O–H groups in total. The fourth-order valence-corrected chi connectivity index (χ4v) is 3.23. The summed E-state index contributed by atoms with van der Waals surface area (Å²) in [5, 5.41) is 2.99. The molecule has 0 spiro atoms. The molecule has 2 fully saturated rings. The van der Waals surface area contributed by atoms with E-state index in [0.29, 0.717) is 5.41 Å². The van der Waals surface area contributed by atoms with Gasteiger partial charge in [0.05, 0.1) is 6.04 Å². The maximum Gasteiger partial charge on any atom is 0.237 e. The Hall–Kier alpha value is -0.570. The van der Waals surface area contributed by atoms with Gasteiger partial charge >= 0.3 is 0 Å². The van der Waals surface area contributed by atoms with E-state index >= 15 is 0 Å². The van der Waals surface area contributed by atoms with E-state index in [4.69, 9.17) is 0 Å². The van der Waals surface area contributed by atoms with E-state index < -0.39 is 0 Å². The lowest BCUT2D eigenvalue weighted by Crippen LogP contribution is -2.56. The monoisotopic (exact) mass is 238 g/mol. The SMILES string of the molecule is CC(C)(C)C1CCCC2C(=O)NCCN2CC1. The van der Waals surface area contributed by atoms with Gasteiger partial charge in [-0.1, -0.05) is 27.2 Å². The van der Waals surface area contributed by atoms with Crippen LogP contribution in [0.5, 0.6) is 0 Å². The van der Waals surface area contributed by atoms with Gasteiger partial charge in [-0.15, -0.1) is 0 Å². The summed E-state index contributed by atoms with van der Waals surface area (Å²) in [6, 6.07) is 0.157. The zero-order chi connectivity index (χ0) is 12.5. The van der Waals surface area contributed by atoms with Crippen LogP contribution in [0.25, 0.3) is 0 Å². The summed E-state index contributed by atoms with van der Waals surface area (Å²) in [6.07, 6.45) is 4.75. The predicted octanol–water partition coefficient (Wildman–Crippen LogP) is 2.02. The minimum absolute atomic E-state index is 0.157. The second-order valence-electron chi connectivity index (χ2n) is 6.63. The molecule has 2 atom stereocenters. The summed E-state index contributed by atoms with van der Waals surface area (Å²) in [5.74, 6) is 1.05. The van der Waals surface area contributed by atoms with E-state index in [1.165, 1.54) is 19.3 Å². The van der Waals surface area contributed by atoms with Crippen LogP contribution in [0.2, 0.25) is 0 Å². The van der Waals surface area contributed by atoms with Gasteiger partial charge in [0.2, 0.25) is 5.91 Å². The van der Waals surface area contributed by atoms with Gasteiger partial charge in [-0.05, 0) is 37.1 Å². The second kappa shape index (κ2) is 4.97. The summed E-state index contributed by atoms with van der Waals surface area (Å²) in [6.45, 7) is 10.0. The number of rotatable bonds is 0. The van der Waals surface area contributed by atoms with Crippen LogP contribution in [-0.2, 0) is 4.79 Å². The topological polar surface area (TPSA) is 32.3 Å².